The topological polar surface area (TPSA) is 61.4 Å². The van der Waals surface area contributed by atoms with Crippen LogP contribution in [-0.2, 0) is 4.79 Å². The Morgan fingerprint density at radius 2 is 2.05 bits per heavy atom. The van der Waals surface area contributed by atoms with Crippen LogP contribution < -0.4 is 10.6 Å². The molecule has 0 saturated carbocycles. The molecule has 0 fully saturated rings. The summed E-state index contributed by atoms with van der Waals surface area (Å²) in [5.74, 6) is -0.535. The number of carbonyl (C=O) groups excluding carboxylic acids is 1. The Balaban J connectivity index is 2.37. The van der Waals surface area contributed by atoms with Gasteiger partial charge in [0.1, 0.15) is 5.82 Å². The van der Waals surface area contributed by atoms with Crippen molar-refractivity contribution < 1.29 is 14.3 Å². The van der Waals surface area contributed by atoms with Crippen LogP contribution in [0, 0.1) is 5.82 Å². The van der Waals surface area contributed by atoms with E-state index in [-0.39, 0.29) is 36.2 Å². The minimum Gasteiger partial charge on any atom is -0.395 e. The number of aliphatic hydroxyl groups excluding tert-OH is 1. The summed E-state index contributed by atoms with van der Waals surface area (Å²) in [7, 11) is 0. The zero-order chi connectivity index (χ0) is 14.3. The summed E-state index contributed by atoms with van der Waals surface area (Å²) >= 11 is 1.55. The first-order chi connectivity index (χ1) is 9.06. The number of benzene rings is 1. The molecule has 1 rings (SSSR count). The highest BCUT2D eigenvalue weighted by Gasteiger charge is 2.15. The van der Waals surface area contributed by atoms with Gasteiger partial charge in [0.25, 0.3) is 0 Å². The molecule has 4 nitrogen and oxygen atoms in total. The molecule has 0 aromatic heterocycles. The van der Waals surface area contributed by atoms with Gasteiger partial charge in [-0.05, 0) is 37.4 Å². The van der Waals surface area contributed by atoms with Gasteiger partial charge in [-0.3, -0.25) is 4.79 Å². The molecular weight excluding hydrogens is 267 g/mol. The molecule has 1 amide bonds. The van der Waals surface area contributed by atoms with Crippen LogP contribution in [-0.4, -0.2) is 41.7 Å². The van der Waals surface area contributed by atoms with E-state index in [1.165, 1.54) is 24.3 Å². The maximum absolute atomic E-state index is 12.7. The molecule has 1 aromatic carbocycles. The van der Waals surface area contributed by atoms with Gasteiger partial charge in [0, 0.05) is 17.0 Å². The van der Waals surface area contributed by atoms with E-state index in [0.717, 1.165) is 0 Å². The number of anilines is 1. The average molecular weight is 286 g/mol. The predicted molar refractivity (Wildman–Crippen MR) is 76.9 cm³/mol. The van der Waals surface area contributed by atoms with E-state index in [4.69, 9.17) is 5.11 Å². The molecule has 106 valence electrons. The van der Waals surface area contributed by atoms with Crippen molar-refractivity contribution in [3.63, 3.8) is 0 Å². The van der Waals surface area contributed by atoms with Gasteiger partial charge in [0.2, 0.25) is 5.91 Å². The van der Waals surface area contributed by atoms with E-state index < -0.39 is 0 Å². The van der Waals surface area contributed by atoms with Crippen molar-refractivity contribution in [3.05, 3.63) is 30.1 Å². The van der Waals surface area contributed by atoms with Crippen LogP contribution in [0.1, 0.15) is 6.92 Å². The maximum Gasteiger partial charge on any atom is 0.238 e. The molecule has 0 aliphatic carbocycles. The normalized spacial score (nSPS) is 13.9. The highest BCUT2D eigenvalue weighted by atomic mass is 32.2. The van der Waals surface area contributed by atoms with Gasteiger partial charge in [-0.2, -0.15) is 11.8 Å². The summed E-state index contributed by atoms with van der Waals surface area (Å²) in [5.41, 5.74) is 0.560. The Kier molecular flexibility index (Phi) is 6.83. The first-order valence-corrected chi connectivity index (χ1v) is 7.28. The molecule has 19 heavy (non-hydrogen) atoms. The van der Waals surface area contributed by atoms with E-state index in [0.29, 0.717) is 5.69 Å². The lowest BCUT2D eigenvalue weighted by atomic mass is 10.2. The molecule has 0 aliphatic heterocycles. The van der Waals surface area contributed by atoms with E-state index in [1.54, 1.807) is 11.8 Å². The fourth-order valence-electron chi connectivity index (χ4n) is 1.56. The van der Waals surface area contributed by atoms with Gasteiger partial charge >= 0.3 is 0 Å². The maximum atomic E-state index is 12.7. The van der Waals surface area contributed by atoms with Crippen molar-refractivity contribution in [1.29, 1.82) is 0 Å². The third kappa shape index (κ3) is 5.59. The molecule has 0 spiro atoms. The molecule has 3 N–H and O–H groups in total. The number of hydrogen-bond acceptors (Lipinski definition) is 4. The lowest BCUT2D eigenvalue weighted by Gasteiger charge is -2.21. The second kappa shape index (κ2) is 8.14. The molecule has 1 aromatic rings. The lowest BCUT2D eigenvalue weighted by Crippen LogP contribution is -2.41. The number of rotatable bonds is 7. The first-order valence-electron chi connectivity index (χ1n) is 5.99. The Morgan fingerprint density at radius 3 is 2.58 bits per heavy atom. The van der Waals surface area contributed by atoms with Crippen LogP contribution in [0.3, 0.4) is 0 Å². The number of hydrogen-bond donors (Lipinski definition) is 3. The zero-order valence-corrected chi connectivity index (χ0v) is 11.8. The third-order valence-corrected chi connectivity index (χ3v) is 3.92. The third-order valence-electron chi connectivity index (χ3n) is 2.75. The Hall–Kier alpha value is -1.11. The quantitative estimate of drug-likeness (QED) is 0.710. The van der Waals surface area contributed by atoms with E-state index in [2.05, 4.69) is 10.6 Å². The Morgan fingerprint density at radius 1 is 1.42 bits per heavy atom. The van der Waals surface area contributed by atoms with Crippen LogP contribution in [0.25, 0.3) is 0 Å². The minimum absolute atomic E-state index is 0.0268. The predicted octanol–water partition coefficient (Wildman–Crippen LogP) is 1.47. The first kappa shape index (κ1) is 15.9. The molecule has 6 heteroatoms. The molecule has 0 saturated heterocycles. The van der Waals surface area contributed by atoms with Crippen molar-refractivity contribution in [2.75, 3.05) is 24.7 Å². The molecule has 2 unspecified atom stereocenters. The summed E-state index contributed by atoms with van der Waals surface area (Å²) in [5, 5.41) is 14.9. The number of aliphatic hydroxyl groups is 1. The van der Waals surface area contributed by atoms with Gasteiger partial charge in [-0.15, -0.1) is 0 Å². The number of amides is 1. The van der Waals surface area contributed by atoms with Crippen LogP contribution in [0.5, 0.6) is 0 Å². The standard InChI is InChI=1S/C13H19FN2O2S/c1-9(12(8-17)19-2)15-7-13(18)16-11-5-3-10(14)4-6-11/h3-6,9,12,15,17H,7-8H2,1-2H3,(H,16,18). The van der Waals surface area contributed by atoms with Crippen LogP contribution in [0.2, 0.25) is 0 Å². The highest BCUT2D eigenvalue weighted by molar-refractivity contribution is 7.99. The second-order valence-corrected chi connectivity index (χ2v) is 5.26. The molecule has 2 atom stereocenters. The van der Waals surface area contributed by atoms with E-state index in [1.807, 2.05) is 13.2 Å². The van der Waals surface area contributed by atoms with Crippen molar-refractivity contribution in [2.45, 2.75) is 18.2 Å². The van der Waals surface area contributed by atoms with Gasteiger partial charge < -0.3 is 15.7 Å². The van der Waals surface area contributed by atoms with Crippen molar-refractivity contribution in [3.8, 4) is 0 Å². The fraction of sp³-hybridized carbons (Fsp3) is 0.462. The average Bonchev–Trinajstić information content (AvgIpc) is 2.40. The van der Waals surface area contributed by atoms with Gasteiger partial charge in [-0.1, -0.05) is 0 Å². The van der Waals surface area contributed by atoms with Crippen LogP contribution in [0.4, 0.5) is 10.1 Å². The SMILES string of the molecule is CSC(CO)C(C)NCC(=O)Nc1ccc(F)cc1. The summed E-state index contributed by atoms with van der Waals surface area (Å²) in [4.78, 5) is 11.7. The summed E-state index contributed by atoms with van der Waals surface area (Å²) in [6, 6.07) is 5.63. The van der Waals surface area contributed by atoms with Gasteiger partial charge in [0.05, 0.1) is 13.2 Å². The molecule has 0 bridgehead atoms. The number of thioether (sulfide) groups is 1. The van der Waals surface area contributed by atoms with Crippen molar-refractivity contribution >= 4 is 23.4 Å². The van der Waals surface area contributed by atoms with Gasteiger partial charge in [-0.25, -0.2) is 4.39 Å². The number of nitrogens with one attached hydrogen (secondary N) is 2. The highest BCUT2D eigenvalue weighted by Crippen LogP contribution is 2.10. The molecular formula is C13H19FN2O2S. The second-order valence-electron chi connectivity index (χ2n) is 4.18. The Labute approximate surface area is 116 Å². The monoisotopic (exact) mass is 286 g/mol. The summed E-state index contributed by atoms with van der Waals surface area (Å²) < 4.78 is 12.7. The number of carbonyl (C=O) groups is 1. The van der Waals surface area contributed by atoms with Crippen LogP contribution in [0.15, 0.2) is 24.3 Å². The fourth-order valence-corrected chi connectivity index (χ4v) is 2.21. The van der Waals surface area contributed by atoms with Gasteiger partial charge in [0.15, 0.2) is 0 Å². The van der Waals surface area contributed by atoms with Crippen molar-refractivity contribution in [1.82, 2.24) is 5.32 Å². The minimum atomic E-state index is -0.337. The molecule has 0 aliphatic rings. The van der Waals surface area contributed by atoms with E-state index in [9.17, 15) is 9.18 Å². The smallest absolute Gasteiger partial charge is 0.238 e. The van der Waals surface area contributed by atoms with Crippen LogP contribution >= 0.6 is 11.8 Å². The Bertz CT molecular complexity index is 396. The largest absolute Gasteiger partial charge is 0.395 e. The van der Waals surface area contributed by atoms with Crippen molar-refractivity contribution in [2.24, 2.45) is 0 Å². The molecule has 0 heterocycles. The zero-order valence-electron chi connectivity index (χ0n) is 11.0. The molecule has 0 radical (unpaired) electrons. The lowest BCUT2D eigenvalue weighted by molar-refractivity contribution is -0.115. The summed E-state index contributed by atoms with van der Waals surface area (Å²) in [6.45, 7) is 2.13. The summed E-state index contributed by atoms with van der Waals surface area (Å²) in [6.07, 6.45) is 1.91. The van der Waals surface area contributed by atoms with E-state index >= 15 is 0 Å². The number of halogens is 1.